The van der Waals surface area contributed by atoms with Crippen molar-refractivity contribution in [3.63, 3.8) is 0 Å². The predicted octanol–water partition coefficient (Wildman–Crippen LogP) is 16.4. The Bertz CT molecular complexity index is 7460. The number of rotatable bonds is 30. The number of aldehydes is 1. The number of amides is 3. The maximum absolute atomic E-state index is 15.1. The van der Waals surface area contributed by atoms with Crippen LogP contribution in [0.1, 0.15) is 152 Å². The highest BCUT2D eigenvalue weighted by Gasteiger charge is 2.35. The third-order valence-electron chi connectivity index (χ3n) is 23.5. The van der Waals surface area contributed by atoms with Gasteiger partial charge in [-0.05, 0) is 161 Å². The van der Waals surface area contributed by atoms with Crippen molar-refractivity contribution in [3.8, 4) is 0 Å². The standard InChI is InChI=1S/C20H20F2N4O3.C19H20F2N6O3S.C19H17F2N5O3.C17H15F2N5O.C10H12N4.C9H7F2NO3/c1-29-20(28)26-14-7-5-12(21)16(17(14)22)18(27)11-8-23-19-15(11)13(24-9-25-19)6-4-10-2-3-10;1-27(2)31(29,30)26-13-6-5-12(20)15(16(13)21)17(28)11-8-23-19-14(11)18(24-9-25-19)22-7-10-3-4-10;1-29-19(28)26-12-5-4-11(20)14(15(12)21)16(27)10-7-23-18-13(10)17(24-8-25-18)22-6-9-2-3-9;18-10-3-4-11(20)14(19)13(10)15(25)9-6-22-17-12(9)16(23-7-24-17)21-5-8-1-2-8;1-2-7(1)5-12-10-8-3-4-11-9(8)13-6-14-10;1-15-9(14)12-7-3-2-6(10)5(4-13)8(7)11/h5,7-10,18,27H,2-4,6H2,1H3,(H,26,28)(H,23,24,25);5-6,8-10,26H,3-4,7H2,1-2H3,(H2,22,23,24,25);4-5,7-9H,2-3,6H2,1H3,(H,26,28)(H2,22,23,24,25);3-4,6-8H,1-2,5,20H2,(H2,21,22,23,24);3-4,6-7H,1-2,5H2,(H2,11,12,13,14);2-4H,1H3,(H,12,14). The highest BCUT2D eigenvalue weighted by molar-refractivity contribution is 7.90. The Balaban J connectivity index is 0.000000132. The van der Waals surface area contributed by atoms with Gasteiger partial charge >= 0.3 is 28.5 Å². The Labute approximate surface area is 804 Å². The number of aliphatic hydroxyl groups is 1. The number of ether oxygens (including phenoxy) is 3. The minimum atomic E-state index is -4.06. The first kappa shape index (κ1) is 101. The molecule has 5 aliphatic carbocycles. The number of anilines is 9. The predicted molar refractivity (Wildman–Crippen MR) is 506 cm³/mol. The van der Waals surface area contributed by atoms with E-state index in [1.807, 2.05) is 22.3 Å². The van der Waals surface area contributed by atoms with E-state index in [4.69, 9.17) is 5.73 Å². The molecule has 38 nitrogen and oxygen atoms in total. The van der Waals surface area contributed by atoms with Crippen LogP contribution in [-0.2, 0) is 30.8 Å². The molecule has 3 amide bonds. The van der Waals surface area contributed by atoms with Gasteiger partial charge in [0.05, 0.1) is 122 Å². The molecule has 1 unspecified atom stereocenters. The summed E-state index contributed by atoms with van der Waals surface area (Å²) in [5.41, 5.74) is 3.61. The molecule has 1 atom stereocenters. The molecule has 746 valence electrons. The molecule has 0 bridgehead atoms. The topological polar surface area (TPSA) is 535 Å². The second-order valence-electron chi connectivity index (χ2n) is 33.8. The zero-order valence-corrected chi connectivity index (χ0v) is 77.3. The highest BCUT2D eigenvalue weighted by Crippen LogP contribution is 2.41. The van der Waals surface area contributed by atoms with Crippen LogP contribution >= 0.6 is 0 Å². The number of hydrogen-bond acceptors (Lipinski definition) is 28. The van der Waals surface area contributed by atoms with Gasteiger partial charge in [0.25, 0.3) is 0 Å². The van der Waals surface area contributed by atoms with Crippen LogP contribution in [0.15, 0.2) is 129 Å². The zero-order chi connectivity index (χ0) is 102. The molecule has 10 aromatic heterocycles. The summed E-state index contributed by atoms with van der Waals surface area (Å²) < 4.78 is 183. The molecule has 16 N–H and O–H groups in total. The fraction of sp³-hybridized carbons (Fsp3) is 0.287. The van der Waals surface area contributed by atoms with Gasteiger partial charge in [0, 0.05) is 82.2 Å². The molecule has 49 heteroatoms. The van der Waals surface area contributed by atoms with Gasteiger partial charge in [-0.3, -0.25) is 39.9 Å². The first-order chi connectivity index (χ1) is 68.8. The van der Waals surface area contributed by atoms with Crippen LogP contribution in [0.2, 0.25) is 0 Å². The summed E-state index contributed by atoms with van der Waals surface area (Å²) in [5, 5.41) is 32.8. The van der Waals surface area contributed by atoms with E-state index in [9.17, 15) is 86.6 Å². The first-order valence-corrected chi connectivity index (χ1v) is 45.9. The van der Waals surface area contributed by atoms with E-state index in [2.05, 4.69) is 121 Å². The summed E-state index contributed by atoms with van der Waals surface area (Å²) in [6.45, 7) is 3.12. The summed E-state index contributed by atoms with van der Waals surface area (Å²) in [5.74, 6) is -8.08. The third-order valence-corrected chi connectivity index (χ3v) is 24.9. The van der Waals surface area contributed by atoms with Crippen molar-refractivity contribution >= 4 is 159 Å². The average Bonchev–Trinajstić information content (AvgIpc) is 1.67. The van der Waals surface area contributed by atoms with Crippen molar-refractivity contribution in [1.82, 2.24) is 79.1 Å². The Morgan fingerprint density at radius 3 is 1.23 bits per heavy atom. The number of aliphatic hydroxyl groups excluding tert-OH is 1. The molecule has 5 fully saturated rings. The Hall–Kier alpha value is -16.3. The Kier molecular flexibility index (Phi) is 31.4. The molecule has 15 aromatic rings. The molecule has 0 saturated heterocycles. The van der Waals surface area contributed by atoms with Crippen molar-refractivity contribution in [2.75, 3.05) is 109 Å². The zero-order valence-electron chi connectivity index (χ0n) is 76.5. The van der Waals surface area contributed by atoms with E-state index in [0.29, 0.717) is 105 Å². The first-order valence-electron chi connectivity index (χ1n) is 44.4. The van der Waals surface area contributed by atoms with E-state index in [0.717, 1.165) is 173 Å². The molecule has 5 aromatic carbocycles. The normalized spacial score (nSPS) is 13.8. The molecule has 10 heterocycles. The number of nitrogens with one attached hydrogen (secondary N) is 13. The lowest BCUT2D eigenvalue weighted by Gasteiger charge is -2.16. The monoisotopic (exact) mass is 2000 g/mol. The number of ketones is 3. The van der Waals surface area contributed by atoms with E-state index < -0.39 is 144 Å². The fourth-order valence-corrected chi connectivity index (χ4v) is 15.4. The molecular formula is C94H91F10N25O13S. The van der Waals surface area contributed by atoms with E-state index in [1.165, 1.54) is 89.9 Å². The quantitative estimate of drug-likeness (QED) is 0.00653. The second kappa shape index (κ2) is 44.4. The molecule has 143 heavy (non-hydrogen) atoms. The number of nitrogens with zero attached hydrogens (tertiary/aromatic N) is 11. The lowest BCUT2D eigenvalue weighted by molar-refractivity contribution is 0.102. The average molecular weight is 2000 g/mol. The number of methoxy groups -OCH3 is 3. The van der Waals surface area contributed by atoms with E-state index >= 15 is 4.39 Å². The van der Waals surface area contributed by atoms with Crippen molar-refractivity contribution in [2.45, 2.75) is 83.2 Å². The Morgan fingerprint density at radius 2 is 0.797 bits per heavy atom. The largest absolute Gasteiger partial charge is 0.453 e. The summed E-state index contributed by atoms with van der Waals surface area (Å²) in [4.78, 5) is 139. The van der Waals surface area contributed by atoms with Gasteiger partial charge in [0.15, 0.2) is 35.4 Å². The van der Waals surface area contributed by atoms with Gasteiger partial charge in [-0.1, -0.05) is 12.8 Å². The molecule has 20 rings (SSSR count). The number of benzene rings is 5. The number of hydrogen-bond donors (Lipinski definition) is 15. The minimum absolute atomic E-state index is 0.0203. The van der Waals surface area contributed by atoms with Gasteiger partial charge in [-0.15, -0.1) is 0 Å². The Morgan fingerprint density at radius 1 is 0.434 bits per heavy atom. The second-order valence-corrected chi connectivity index (χ2v) is 35.6. The van der Waals surface area contributed by atoms with Crippen LogP contribution in [0, 0.1) is 87.8 Å². The van der Waals surface area contributed by atoms with Crippen LogP contribution in [0.4, 0.5) is 110 Å². The summed E-state index contributed by atoms with van der Waals surface area (Å²) in [7, 11) is 1.76. The highest BCUT2D eigenvalue weighted by atomic mass is 32.2. The molecule has 5 aliphatic rings. The number of aromatic amines is 5. The third kappa shape index (κ3) is 23.9. The lowest BCUT2D eigenvalue weighted by Crippen LogP contribution is -2.29. The maximum atomic E-state index is 15.1. The smallest absolute Gasteiger partial charge is 0.411 e. The van der Waals surface area contributed by atoms with Gasteiger partial charge < -0.3 is 71.2 Å². The van der Waals surface area contributed by atoms with Gasteiger partial charge in [0.1, 0.15) is 118 Å². The van der Waals surface area contributed by atoms with E-state index in [-0.39, 0.29) is 51.3 Å². The molecule has 0 radical (unpaired) electrons. The van der Waals surface area contributed by atoms with Crippen molar-refractivity contribution in [1.29, 1.82) is 0 Å². The maximum Gasteiger partial charge on any atom is 0.411 e. The number of H-pyrrole nitrogens is 5. The van der Waals surface area contributed by atoms with Crippen molar-refractivity contribution < 1.29 is 105 Å². The van der Waals surface area contributed by atoms with Crippen LogP contribution in [0.5, 0.6) is 0 Å². The summed E-state index contributed by atoms with van der Waals surface area (Å²) in [6, 6.07) is 11.6. The van der Waals surface area contributed by atoms with Crippen LogP contribution in [0.25, 0.3) is 55.2 Å². The van der Waals surface area contributed by atoms with Crippen LogP contribution < -0.4 is 47.7 Å². The molecular weight excluding hydrogens is 1910 g/mol. The number of fused-ring (bicyclic) bond motifs is 5. The number of aromatic nitrogens is 15. The summed E-state index contributed by atoms with van der Waals surface area (Å²) >= 11 is 0. The lowest BCUT2D eigenvalue weighted by atomic mass is 9.98. The van der Waals surface area contributed by atoms with Gasteiger partial charge in [0.2, 0.25) is 17.3 Å². The number of carbonyl (C=O) groups excluding carboxylic acids is 7. The van der Waals surface area contributed by atoms with Gasteiger partial charge in [-0.25, -0.2) is 108 Å². The van der Waals surface area contributed by atoms with Crippen LogP contribution in [-0.4, -0.2) is 196 Å². The minimum Gasteiger partial charge on any atom is -0.453 e. The van der Waals surface area contributed by atoms with Crippen molar-refractivity contribution in [3.05, 3.63) is 243 Å². The summed E-state index contributed by atoms with van der Waals surface area (Å²) in [6.07, 6.45) is 23.6. The number of nitrogens with two attached hydrogens (primary N) is 1. The van der Waals surface area contributed by atoms with E-state index in [1.54, 1.807) is 6.33 Å². The fourth-order valence-electron chi connectivity index (χ4n) is 14.7. The molecule has 0 spiro atoms. The van der Waals surface area contributed by atoms with Crippen molar-refractivity contribution in [2.24, 2.45) is 29.6 Å². The SMILES string of the molecule is CN(C)S(=O)(=O)Nc1ccc(F)c(C(=O)c2c[nH]c3ncnc(NCC4CC4)c23)c1F.COC(=O)Nc1ccc(F)c(C(=O)c2c[nH]c3ncnc(NCC4CC4)c23)c1F.COC(=O)Nc1ccc(F)c(C(O)c2c[nH]c3ncnc(CCC4CC4)c23)c1F.COC(=O)Nc1ccc(F)c(C=O)c1F.Nc1ccc(F)c(C(=O)c2c[nH]c3ncnc(NCC4CC4)c23)c1F.c1nc(NCC2CC2)c2cc[nH]c2n1. The number of carbonyl (C=O) groups is 7. The molecule has 5 saturated carbocycles. The number of aryl methyl sites for hydroxylation is 1. The van der Waals surface area contributed by atoms with Crippen LogP contribution in [0.3, 0.4) is 0 Å². The van der Waals surface area contributed by atoms with Gasteiger partial charge in [-0.2, -0.15) is 12.7 Å². The number of nitrogen functional groups attached to an aromatic ring is 1. The number of halogens is 10. The molecule has 0 aliphatic heterocycles.